The van der Waals surface area contributed by atoms with E-state index < -0.39 is 0 Å². The summed E-state index contributed by atoms with van der Waals surface area (Å²) in [7, 11) is 2.23. The molecule has 0 saturated heterocycles. The van der Waals surface area contributed by atoms with Crippen molar-refractivity contribution in [3.05, 3.63) is 0 Å². The lowest BCUT2D eigenvalue weighted by molar-refractivity contribution is 0.186. The van der Waals surface area contributed by atoms with Gasteiger partial charge in [0.2, 0.25) is 0 Å². The highest BCUT2D eigenvalue weighted by Crippen LogP contribution is 2.24. The standard InChI is InChI=1S/C12H26IN/c1-9(2)12(7-13)11(5)8-14(6)10(3)4/h9-12H,7-8H2,1-6H3. The maximum Gasteiger partial charge on any atom is 0.00356 e. The van der Waals surface area contributed by atoms with E-state index >= 15 is 0 Å². The molecule has 2 unspecified atom stereocenters. The Bertz CT molecular complexity index is 145. The second kappa shape index (κ2) is 7.04. The van der Waals surface area contributed by atoms with Gasteiger partial charge in [-0.2, -0.15) is 0 Å². The fraction of sp³-hybridized carbons (Fsp3) is 1.00. The largest absolute Gasteiger partial charge is 0.304 e. The molecule has 0 heterocycles. The van der Waals surface area contributed by atoms with Gasteiger partial charge in [-0.15, -0.1) is 0 Å². The van der Waals surface area contributed by atoms with Crippen molar-refractivity contribution in [3.8, 4) is 0 Å². The number of nitrogens with zero attached hydrogens (tertiary/aromatic N) is 1. The minimum absolute atomic E-state index is 0.666. The molecule has 14 heavy (non-hydrogen) atoms. The van der Waals surface area contributed by atoms with Crippen molar-refractivity contribution >= 4 is 22.6 Å². The smallest absolute Gasteiger partial charge is 0.00356 e. The summed E-state index contributed by atoms with van der Waals surface area (Å²) in [6, 6.07) is 0.666. The Morgan fingerprint density at radius 1 is 1.07 bits per heavy atom. The summed E-state index contributed by atoms with van der Waals surface area (Å²) in [5, 5.41) is 0. The zero-order chi connectivity index (χ0) is 11.3. The van der Waals surface area contributed by atoms with Crippen LogP contribution >= 0.6 is 22.6 Å². The predicted octanol–water partition coefficient (Wildman–Crippen LogP) is 3.67. The van der Waals surface area contributed by atoms with E-state index in [4.69, 9.17) is 0 Å². The molecule has 1 nitrogen and oxygen atoms in total. The Balaban J connectivity index is 4.10. The lowest BCUT2D eigenvalue weighted by Crippen LogP contribution is -2.35. The Hall–Kier alpha value is 0.690. The zero-order valence-electron chi connectivity index (χ0n) is 10.5. The van der Waals surface area contributed by atoms with Crippen molar-refractivity contribution in [3.63, 3.8) is 0 Å². The van der Waals surface area contributed by atoms with E-state index in [1.165, 1.54) is 11.0 Å². The van der Waals surface area contributed by atoms with Gasteiger partial charge in [0.05, 0.1) is 0 Å². The summed E-state index contributed by atoms with van der Waals surface area (Å²) < 4.78 is 1.28. The molecule has 0 aliphatic rings. The number of hydrogen-bond donors (Lipinski definition) is 0. The van der Waals surface area contributed by atoms with E-state index in [2.05, 4.69) is 69.2 Å². The fourth-order valence-electron chi connectivity index (χ4n) is 1.79. The molecule has 0 aromatic heterocycles. The SMILES string of the molecule is CC(C)C(CI)C(C)CN(C)C(C)C. The van der Waals surface area contributed by atoms with E-state index in [1.807, 2.05) is 0 Å². The summed E-state index contributed by atoms with van der Waals surface area (Å²) >= 11 is 2.53. The third-order valence-electron chi connectivity index (χ3n) is 3.22. The summed E-state index contributed by atoms with van der Waals surface area (Å²) in [4.78, 5) is 2.45. The summed E-state index contributed by atoms with van der Waals surface area (Å²) in [6.45, 7) is 12.8. The molecule has 0 N–H and O–H groups in total. The second-order valence-electron chi connectivity index (χ2n) is 5.07. The molecule has 0 radical (unpaired) electrons. The first-order valence-corrected chi connectivity index (χ1v) is 7.18. The van der Waals surface area contributed by atoms with Crippen molar-refractivity contribution in [2.45, 2.75) is 40.7 Å². The first-order chi connectivity index (χ1) is 6.40. The van der Waals surface area contributed by atoms with Crippen molar-refractivity contribution in [1.29, 1.82) is 0 Å². The van der Waals surface area contributed by atoms with Crippen LogP contribution in [0.25, 0.3) is 0 Å². The fourth-order valence-corrected chi connectivity index (χ4v) is 3.67. The number of alkyl halides is 1. The van der Waals surface area contributed by atoms with Crippen LogP contribution in [0.1, 0.15) is 34.6 Å². The highest BCUT2D eigenvalue weighted by atomic mass is 127. The zero-order valence-corrected chi connectivity index (χ0v) is 12.7. The molecule has 0 saturated carbocycles. The molecule has 2 atom stereocenters. The molecule has 0 spiro atoms. The third kappa shape index (κ3) is 4.96. The number of hydrogen-bond acceptors (Lipinski definition) is 1. The van der Waals surface area contributed by atoms with Gasteiger partial charge in [-0.25, -0.2) is 0 Å². The summed E-state index contributed by atoms with van der Waals surface area (Å²) in [5.74, 6) is 2.47. The molecule has 0 fully saturated rings. The van der Waals surface area contributed by atoms with E-state index in [1.54, 1.807) is 0 Å². The van der Waals surface area contributed by atoms with Crippen LogP contribution in [0.3, 0.4) is 0 Å². The van der Waals surface area contributed by atoms with Crippen molar-refractivity contribution < 1.29 is 0 Å². The van der Waals surface area contributed by atoms with Crippen LogP contribution in [0.4, 0.5) is 0 Å². The van der Waals surface area contributed by atoms with Crippen molar-refractivity contribution in [1.82, 2.24) is 4.90 Å². The second-order valence-corrected chi connectivity index (χ2v) is 5.95. The van der Waals surface area contributed by atoms with Gasteiger partial charge in [0, 0.05) is 17.0 Å². The van der Waals surface area contributed by atoms with E-state index in [-0.39, 0.29) is 0 Å². The molecular weight excluding hydrogens is 285 g/mol. The molecule has 0 aromatic carbocycles. The van der Waals surface area contributed by atoms with Gasteiger partial charge in [-0.05, 0) is 38.6 Å². The molecule has 0 aromatic rings. The van der Waals surface area contributed by atoms with Gasteiger partial charge < -0.3 is 4.90 Å². The van der Waals surface area contributed by atoms with Crippen LogP contribution in [0.2, 0.25) is 0 Å². The maximum atomic E-state index is 2.53. The third-order valence-corrected chi connectivity index (χ3v) is 4.24. The average Bonchev–Trinajstić information content (AvgIpc) is 2.04. The minimum Gasteiger partial charge on any atom is -0.304 e. The first-order valence-electron chi connectivity index (χ1n) is 5.66. The van der Waals surface area contributed by atoms with E-state index in [0.717, 1.165) is 17.8 Å². The number of rotatable bonds is 6. The summed E-state index contributed by atoms with van der Waals surface area (Å²) in [5.41, 5.74) is 0. The Kier molecular flexibility index (Phi) is 7.39. The first kappa shape index (κ1) is 14.7. The highest BCUT2D eigenvalue weighted by Gasteiger charge is 2.21. The van der Waals surface area contributed by atoms with Crippen molar-refractivity contribution in [2.24, 2.45) is 17.8 Å². The van der Waals surface area contributed by atoms with Crippen LogP contribution in [0.5, 0.6) is 0 Å². The highest BCUT2D eigenvalue weighted by molar-refractivity contribution is 14.1. The monoisotopic (exact) mass is 311 g/mol. The van der Waals surface area contributed by atoms with E-state index in [9.17, 15) is 0 Å². The van der Waals surface area contributed by atoms with Gasteiger partial charge in [0.15, 0.2) is 0 Å². The Morgan fingerprint density at radius 2 is 1.57 bits per heavy atom. The van der Waals surface area contributed by atoms with Crippen LogP contribution in [0.15, 0.2) is 0 Å². The molecular formula is C12H26IN. The Morgan fingerprint density at radius 3 is 1.86 bits per heavy atom. The molecule has 0 rings (SSSR count). The molecule has 2 heteroatoms. The van der Waals surface area contributed by atoms with Gasteiger partial charge in [0.1, 0.15) is 0 Å². The average molecular weight is 311 g/mol. The van der Waals surface area contributed by atoms with Gasteiger partial charge in [-0.1, -0.05) is 43.4 Å². The van der Waals surface area contributed by atoms with Gasteiger partial charge in [0.25, 0.3) is 0 Å². The molecule has 0 bridgehead atoms. The number of halogens is 1. The molecule has 0 aliphatic carbocycles. The molecule has 86 valence electrons. The van der Waals surface area contributed by atoms with Gasteiger partial charge >= 0.3 is 0 Å². The topological polar surface area (TPSA) is 3.24 Å². The lowest BCUT2D eigenvalue weighted by Gasteiger charge is -2.31. The normalized spacial score (nSPS) is 16.7. The predicted molar refractivity (Wildman–Crippen MR) is 74.1 cm³/mol. The lowest BCUT2D eigenvalue weighted by atomic mass is 9.86. The molecule has 0 aliphatic heterocycles. The van der Waals surface area contributed by atoms with Crippen LogP contribution in [-0.4, -0.2) is 29.0 Å². The van der Waals surface area contributed by atoms with Crippen molar-refractivity contribution in [2.75, 3.05) is 18.0 Å². The Labute approximate surface area is 104 Å². The minimum atomic E-state index is 0.666. The summed E-state index contributed by atoms with van der Waals surface area (Å²) in [6.07, 6.45) is 0. The van der Waals surface area contributed by atoms with Crippen LogP contribution in [0, 0.1) is 17.8 Å². The maximum absolute atomic E-state index is 2.53. The quantitative estimate of drug-likeness (QED) is 0.534. The van der Waals surface area contributed by atoms with Crippen LogP contribution in [-0.2, 0) is 0 Å². The van der Waals surface area contributed by atoms with Gasteiger partial charge in [-0.3, -0.25) is 0 Å². The van der Waals surface area contributed by atoms with E-state index in [0.29, 0.717) is 6.04 Å². The van der Waals surface area contributed by atoms with Crippen LogP contribution < -0.4 is 0 Å². The molecule has 0 amide bonds.